The number of hydrogen-bond acceptors (Lipinski definition) is 14. The summed E-state index contributed by atoms with van der Waals surface area (Å²) in [7, 11) is 0.733. The largest absolute Gasteiger partial charge is 1.00 e. The molecule has 0 unspecified atom stereocenters. The smallest absolute Gasteiger partial charge is 1.00 e. The minimum absolute atomic E-state index is 0. The minimum atomic E-state index is -4.26. The van der Waals surface area contributed by atoms with Gasteiger partial charge in [0.2, 0.25) is 0 Å². The van der Waals surface area contributed by atoms with Crippen molar-refractivity contribution in [1.29, 1.82) is 0 Å². The van der Waals surface area contributed by atoms with Crippen LogP contribution in [-0.2, 0) is 18.7 Å². The van der Waals surface area contributed by atoms with Crippen LogP contribution in [0.5, 0.6) is 40.2 Å². The van der Waals surface area contributed by atoms with Gasteiger partial charge in [0.05, 0.1) is 39.0 Å². The average Bonchev–Trinajstić information content (AvgIpc) is 3.39. The molecular formula is C49H29Cl2Cs2F12N3O13S. The van der Waals surface area contributed by atoms with E-state index in [0.717, 1.165) is 48.5 Å². The topological polar surface area (TPSA) is 244 Å². The third-order valence-electron chi connectivity index (χ3n) is 8.61. The van der Waals surface area contributed by atoms with Crippen LogP contribution in [0.15, 0.2) is 150 Å². The van der Waals surface area contributed by atoms with Crippen molar-refractivity contribution in [3.63, 3.8) is 0 Å². The predicted octanol–water partition coefficient (Wildman–Crippen LogP) is 7.72. The zero-order valence-corrected chi connectivity index (χ0v) is 55.8. The molecule has 0 aliphatic heterocycles. The predicted molar refractivity (Wildman–Crippen MR) is 257 cm³/mol. The Morgan fingerprint density at radius 2 is 0.768 bits per heavy atom. The number of nitrogen functional groups attached to an aromatic ring is 1. The van der Waals surface area contributed by atoms with Gasteiger partial charge in [0.15, 0.2) is 69.6 Å². The SMILES string of the molecule is Nc1cc(F)c(Oc2ccc(F)cc2)c(F)c1.O=CO[O-].O=S(=O)(Cl)c1cc(F)c(Oc2ccc(F)cc2)c(F)c1.O=[N+]([O-])c1cc(F)c(F)c(F)c1.O=[N+]([O-])c1cc(F)c(Oc2ccc(F)cc2)c(F)c1.Oc1ccc(Cl)cc1.[Cs+].[Cs+].[H-]. The van der Waals surface area contributed by atoms with E-state index < -0.39 is 122 Å². The Labute approximate surface area is 582 Å². The summed E-state index contributed by atoms with van der Waals surface area (Å²) >= 11 is 5.50. The number of hydrogen-bond donors (Lipinski definition) is 2. The van der Waals surface area contributed by atoms with Crippen molar-refractivity contribution in [3.05, 3.63) is 241 Å². The molecule has 0 aliphatic carbocycles. The van der Waals surface area contributed by atoms with E-state index in [0.29, 0.717) is 41.4 Å². The van der Waals surface area contributed by atoms with E-state index in [-0.39, 0.29) is 174 Å². The van der Waals surface area contributed by atoms with Crippen LogP contribution in [0.3, 0.4) is 0 Å². The van der Waals surface area contributed by atoms with Crippen LogP contribution in [0, 0.1) is 90.0 Å². The van der Waals surface area contributed by atoms with E-state index in [1.54, 1.807) is 24.3 Å². The number of benzene rings is 8. The molecule has 0 heterocycles. The number of nitro groups is 2. The van der Waals surface area contributed by atoms with Gasteiger partial charge in [0, 0.05) is 33.5 Å². The first-order valence-corrected chi connectivity index (χ1v) is 23.3. The number of carbonyl (C=O) groups is 1. The van der Waals surface area contributed by atoms with Gasteiger partial charge < -0.3 is 36.6 Å². The van der Waals surface area contributed by atoms with E-state index in [1.807, 2.05) is 0 Å². The summed E-state index contributed by atoms with van der Waals surface area (Å²) in [4.78, 5) is 29.0. The number of rotatable bonds is 10. The van der Waals surface area contributed by atoms with Gasteiger partial charge in [-0.2, -0.15) is 0 Å². The Bertz CT molecular complexity index is 3440. The third kappa shape index (κ3) is 25.7. The molecule has 82 heavy (non-hydrogen) atoms. The van der Waals surface area contributed by atoms with Gasteiger partial charge in [-0.1, -0.05) is 11.6 Å². The fourth-order valence-electron chi connectivity index (χ4n) is 5.15. The summed E-state index contributed by atoms with van der Waals surface area (Å²) in [6.07, 6.45) is 0. The first-order chi connectivity index (χ1) is 37.5. The maximum atomic E-state index is 13.6. The molecule has 3 N–H and O–H groups in total. The number of phenols is 1. The Kier molecular flexibility index (Phi) is 33.3. The summed E-state index contributed by atoms with van der Waals surface area (Å²) in [5, 5.41) is 38.1. The summed E-state index contributed by atoms with van der Waals surface area (Å²) in [6, 6.07) is 24.7. The number of ether oxygens (including phenoxy) is 3. The molecule has 0 amide bonds. The van der Waals surface area contributed by atoms with Crippen molar-refractivity contribution < 1.29 is 244 Å². The second kappa shape index (κ2) is 36.5. The average molecular weight is 1460 g/mol. The van der Waals surface area contributed by atoms with Gasteiger partial charge in [0.1, 0.15) is 40.4 Å². The van der Waals surface area contributed by atoms with Gasteiger partial charge in [-0.3, -0.25) is 25.0 Å². The molecule has 16 nitrogen and oxygen atoms in total. The molecule has 8 aromatic carbocycles. The maximum absolute atomic E-state index is 13.6. The van der Waals surface area contributed by atoms with Crippen LogP contribution in [0.25, 0.3) is 0 Å². The van der Waals surface area contributed by atoms with Crippen LogP contribution >= 0.6 is 22.3 Å². The van der Waals surface area contributed by atoms with Gasteiger partial charge >= 0.3 is 138 Å². The number of non-ortho nitro benzene ring substituents is 2. The first kappa shape index (κ1) is 74.8. The molecule has 424 valence electrons. The molecule has 8 aromatic rings. The van der Waals surface area contributed by atoms with E-state index >= 15 is 0 Å². The summed E-state index contributed by atoms with van der Waals surface area (Å²) in [5.74, 6) is -14.9. The number of nitrogens with zero attached hydrogens (tertiary/aromatic N) is 2. The van der Waals surface area contributed by atoms with Crippen molar-refractivity contribution >= 4 is 54.9 Å². The minimum Gasteiger partial charge on any atom is -1.00 e. The monoisotopic (exact) mass is 1460 g/mol. The number of aromatic hydroxyl groups is 1. The van der Waals surface area contributed by atoms with Crippen LogP contribution < -0.4 is 163 Å². The number of carbonyl (C=O) groups excluding carboxylic acids is 1. The van der Waals surface area contributed by atoms with Crippen molar-refractivity contribution in [1.82, 2.24) is 0 Å². The summed E-state index contributed by atoms with van der Waals surface area (Å²) in [6.45, 7) is -0.181. The maximum Gasteiger partial charge on any atom is 1.00 e. The Morgan fingerprint density at radius 3 is 1.02 bits per heavy atom. The molecule has 8 rings (SSSR count). The van der Waals surface area contributed by atoms with Crippen molar-refractivity contribution in [2.45, 2.75) is 4.90 Å². The molecule has 0 radical (unpaired) electrons. The molecule has 33 heteroatoms. The second-order valence-electron chi connectivity index (χ2n) is 14.3. The van der Waals surface area contributed by atoms with Crippen molar-refractivity contribution in [3.8, 4) is 40.2 Å². The molecule has 0 atom stereocenters. The molecule has 0 spiro atoms. The standard InChI is InChI=1S/C12H6ClF3O3S.C12H6F3NO3.C12H8F3NO.C6H5ClO.C6H2F3NO2.CH2O3.2Cs.H/c13-20(17,18)9-5-10(15)12(11(16)6-9)19-8-3-1-7(14)2-4-8;13-7-1-3-9(4-2-7)19-12-10(14)5-8(16(17)18)6-11(12)15;13-7-1-3-9(4-2-7)17-12-10(14)5-8(16)6-11(12)15;7-5-1-3-6(8)4-2-5;7-4-1-3(10(11)12)2-5(8)6(4)9;2-1-4-3;;;/h1-6H;1-6H;1-6H,16H2;1-4,8H;1-2H;1,3H;;;/q;;;;;;2*+1;-1/p-1. The summed E-state index contributed by atoms with van der Waals surface area (Å²) < 4.78 is 192. The fourth-order valence-corrected chi connectivity index (χ4v) is 6.03. The van der Waals surface area contributed by atoms with E-state index in [1.165, 1.54) is 36.4 Å². The summed E-state index contributed by atoms with van der Waals surface area (Å²) in [5.41, 5.74) is 3.69. The van der Waals surface area contributed by atoms with Crippen LogP contribution in [0.2, 0.25) is 5.02 Å². The Hall–Kier alpha value is -5.22. The van der Waals surface area contributed by atoms with E-state index in [2.05, 4.69) is 4.89 Å². The number of anilines is 1. The number of nitrogens with two attached hydrogens (primary N) is 1. The van der Waals surface area contributed by atoms with Crippen LogP contribution in [0.4, 0.5) is 69.7 Å². The number of halogens is 14. The molecular weight excluding hydrogens is 1440 g/mol. The fraction of sp³-hybridized carbons (Fsp3) is 0. The second-order valence-corrected chi connectivity index (χ2v) is 17.3. The first-order valence-electron chi connectivity index (χ1n) is 20.6. The quantitative estimate of drug-likeness (QED) is 0.0195. The molecule has 0 aliphatic rings. The zero-order valence-electron chi connectivity index (χ0n) is 42.0. The van der Waals surface area contributed by atoms with E-state index in [4.69, 9.17) is 57.4 Å². The van der Waals surface area contributed by atoms with Crippen LogP contribution in [-0.4, -0.2) is 29.8 Å². The van der Waals surface area contributed by atoms with Crippen molar-refractivity contribution in [2.24, 2.45) is 0 Å². The number of phenolic OH excluding ortho intramolecular Hbond substituents is 1. The molecule has 0 saturated heterocycles. The van der Waals surface area contributed by atoms with Gasteiger partial charge in [-0.05, 0) is 109 Å². The Morgan fingerprint density at radius 1 is 0.500 bits per heavy atom. The zero-order chi connectivity index (χ0) is 60.0. The van der Waals surface area contributed by atoms with E-state index in [9.17, 15) is 81.3 Å². The molecule has 0 bridgehead atoms. The number of nitro benzene ring substituents is 2. The van der Waals surface area contributed by atoms with Crippen LogP contribution in [0.1, 0.15) is 1.43 Å². The van der Waals surface area contributed by atoms with Gasteiger partial charge in [-0.15, -0.1) is 0 Å². The van der Waals surface area contributed by atoms with Crippen molar-refractivity contribution in [2.75, 3.05) is 5.73 Å². The third-order valence-corrected chi connectivity index (χ3v) is 10.2. The molecule has 0 saturated carbocycles. The van der Waals surface area contributed by atoms with Gasteiger partial charge in [0.25, 0.3) is 26.9 Å². The Balaban J connectivity index is 0.00000101. The molecule has 0 aromatic heterocycles. The van der Waals surface area contributed by atoms with Gasteiger partial charge in [-0.25, -0.2) is 61.1 Å². The molecule has 0 fully saturated rings. The normalized spacial score (nSPS) is 9.89.